The van der Waals surface area contributed by atoms with Crippen LogP contribution in [0.4, 0.5) is 4.39 Å². The van der Waals surface area contributed by atoms with Crippen LogP contribution in [-0.4, -0.2) is 79.3 Å². The summed E-state index contributed by atoms with van der Waals surface area (Å²) in [5, 5.41) is 8.76. The number of benzene rings is 1. The van der Waals surface area contributed by atoms with Crippen molar-refractivity contribution in [2.45, 2.75) is 6.10 Å². The number of amides is 1. The van der Waals surface area contributed by atoms with Gasteiger partial charge in [0.05, 0.1) is 19.3 Å². The summed E-state index contributed by atoms with van der Waals surface area (Å²) in [5.41, 5.74) is 0. The van der Waals surface area contributed by atoms with E-state index in [9.17, 15) is 14.0 Å². The zero-order valence-electron chi connectivity index (χ0n) is 13.5. The van der Waals surface area contributed by atoms with Crippen LogP contribution in [0.1, 0.15) is 0 Å². The molecule has 1 aliphatic heterocycles. The Morgan fingerprint density at radius 3 is 2.92 bits per heavy atom. The second-order valence-electron chi connectivity index (χ2n) is 5.64. The molecule has 1 aromatic carbocycles. The summed E-state index contributed by atoms with van der Waals surface area (Å²) >= 11 is 0. The lowest BCUT2D eigenvalue weighted by Gasteiger charge is -2.34. The number of carbonyl (C=O) groups is 2. The molecule has 0 spiro atoms. The van der Waals surface area contributed by atoms with Gasteiger partial charge in [-0.2, -0.15) is 0 Å². The van der Waals surface area contributed by atoms with Crippen LogP contribution >= 0.6 is 0 Å². The van der Waals surface area contributed by atoms with Crippen molar-refractivity contribution in [3.8, 4) is 5.75 Å². The summed E-state index contributed by atoms with van der Waals surface area (Å²) in [6.07, 6.45) is -0.263. The quantitative estimate of drug-likeness (QED) is 0.776. The van der Waals surface area contributed by atoms with Gasteiger partial charge in [-0.15, -0.1) is 0 Å². The molecule has 1 atom stereocenters. The fourth-order valence-electron chi connectivity index (χ4n) is 2.49. The number of para-hydroxylation sites is 1. The van der Waals surface area contributed by atoms with Crippen LogP contribution in [0, 0.1) is 5.82 Å². The van der Waals surface area contributed by atoms with Crippen molar-refractivity contribution in [1.29, 1.82) is 0 Å². The van der Waals surface area contributed by atoms with Crippen LogP contribution in [-0.2, 0) is 14.3 Å². The third-order valence-corrected chi connectivity index (χ3v) is 3.60. The minimum absolute atomic E-state index is 0.0388. The minimum atomic E-state index is -0.917. The Morgan fingerprint density at radius 1 is 1.46 bits per heavy atom. The molecule has 1 heterocycles. The van der Waals surface area contributed by atoms with Crippen molar-refractivity contribution in [3.63, 3.8) is 0 Å². The van der Waals surface area contributed by atoms with Crippen molar-refractivity contribution in [2.24, 2.45) is 0 Å². The van der Waals surface area contributed by atoms with Gasteiger partial charge in [-0.25, -0.2) is 4.39 Å². The van der Waals surface area contributed by atoms with Gasteiger partial charge in [0.15, 0.2) is 18.2 Å². The Hall–Kier alpha value is -2.19. The number of aliphatic carboxylic acids is 1. The summed E-state index contributed by atoms with van der Waals surface area (Å²) in [7, 11) is 1.68. The van der Waals surface area contributed by atoms with E-state index in [1.807, 2.05) is 0 Å². The summed E-state index contributed by atoms with van der Waals surface area (Å²) < 4.78 is 24.3. The molecule has 0 unspecified atom stereocenters. The second kappa shape index (κ2) is 8.60. The van der Waals surface area contributed by atoms with Crippen LogP contribution in [0.2, 0.25) is 0 Å². The Kier molecular flexibility index (Phi) is 6.51. The van der Waals surface area contributed by atoms with Gasteiger partial charge in [-0.1, -0.05) is 12.1 Å². The van der Waals surface area contributed by atoms with E-state index in [0.29, 0.717) is 26.2 Å². The Morgan fingerprint density at radius 2 is 2.21 bits per heavy atom. The fourth-order valence-corrected chi connectivity index (χ4v) is 2.49. The molecule has 1 N–H and O–H groups in total. The molecule has 1 fully saturated rings. The number of likely N-dealkylation sites (N-methyl/N-ethyl adjacent to an activating group) is 1. The first kappa shape index (κ1) is 18.2. The van der Waals surface area contributed by atoms with Crippen LogP contribution < -0.4 is 4.74 Å². The lowest BCUT2D eigenvalue weighted by molar-refractivity contribution is -0.143. The van der Waals surface area contributed by atoms with Crippen molar-refractivity contribution in [1.82, 2.24) is 9.80 Å². The number of ether oxygens (including phenoxy) is 2. The molecule has 1 aromatic rings. The summed E-state index contributed by atoms with van der Waals surface area (Å²) in [6.45, 7) is 1.21. The highest BCUT2D eigenvalue weighted by Crippen LogP contribution is 2.15. The van der Waals surface area contributed by atoms with Gasteiger partial charge in [-0.05, 0) is 19.2 Å². The molecule has 0 radical (unpaired) electrons. The standard InChI is InChI=1S/C16H21FN2O5/c1-18(10-16(21)22)8-12-9-19(6-7-23-12)15(20)11-24-14-5-3-2-4-13(14)17/h2-5,12H,6-11H2,1H3,(H,21,22)/t12-/m1/s1. The van der Waals surface area contributed by atoms with Gasteiger partial charge < -0.3 is 19.5 Å². The highest BCUT2D eigenvalue weighted by atomic mass is 19.1. The van der Waals surface area contributed by atoms with Gasteiger partial charge in [0, 0.05) is 19.6 Å². The maximum absolute atomic E-state index is 13.5. The van der Waals surface area contributed by atoms with E-state index in [4.69, 9.17) is 14.6 Å². The topological polar surface area (TPSA) is 79.3 Å². The highest BCUT2D eigenvalue weighted by Gasteiger charge is 2.25. The second-order valence-corrected chi connectivity index (χ2v) is 5.64. The molecule has 0 aliphatic carbocycles. The normalized spacial score (nSPS) is 17.8. The van der Waals surface area contributed by atoms with Crippen LogP contribution in [0.3, 0.4) is 0 Å². The van der Waals surface area contributed by atoms with Gasteiger partial charge in [0.25, 0.3) is 5.91 Å². The lowest BCUT2D eigenvalue weighted by Crippen LogP contribution is -2.50. The molecule has 7 nitrogen and oxygen atoms in total. The van der Waals surface area contributed by atoms with Crippen LogP contribution in [0.25, 0.3) is 0 Å². The van der Waals surface area contributed by atoms with Gasteiger partial charge >= 0.3 is 5.97 Å². The van der Waals surface area contributed by atoms with E-state index < -0.39 is 11.8 Å². The number of carbonyl (C=O) groups excluding carboxylic acids is 1. The molecule has 1 aliphatic rings. The highest BCUT2D eigenvalue weighted by molar-refractivity contribution is 5.78. The summed E-state index contributed by atoms with van der Waals surface area (Å²) in [6, 6.07) is 5.91. The summed E-state index contributed by atoms with van der Waals surface area (Å²) in [4.78, 5) is 26.1. The van der Waals surface area contributed by atoms with Crippen LogP contribution in [0.15, 0.2) is 24.3 Å². The zero-order valence-corrected chi connectivity index (χ0v) is 13.5. The fraction of sp³-hybridized carbons (Fsp3) is 0.500. The Balaban J connectivity index is 1.81. The minimum Gasteiger partial charge on any atom is -0.481 e. The molecule has 0 bridgehead atoms. The monoisotopic (exact) mass is 340 g/mol. The van der Waals surface area contributed by atoms with Crippen LogP contribution in [0.5, 0.6) is 5.75 Å². The van der Waals surface area contributed by atoms with E-state index in [-0.39, 0.29) is 30.9 Å². The van der Waals surface area contributed by atoms with Gasteiger partial charge in [0.1, 0.15) is 0 Å². The maximum Gasteiger partial charge on any atom is 0.317 e. The average molecular weight is 340 g/mol. The zero-order chi connectivity index (χ0) is 17.5. The van der Waals surface area contributed by atoms with Crippen molar-refractivity contribution in [3.05, 3.63) is 30.1 Å². The summed E-state index contributed by atoms with van der Waals surface area (Å²) in [5.74, 6) is -1.65. The predicted molar refractivity (Wildman–Crippen MR) is 83.3 cm³/mol. The molecule has 132 valence electrons. The van der Waals surface area contributed by atoms with Gasteiger partial charge in [0.2, 0.25) is 0 Å². The number of morpholine rings is 1. The van der Waals surface area contributed by atoms with E-state index >= 15 is 0 Å². The molecule has 8 heteroatoms. The number of hydrogen-bond donors (Lipinski definition) is 1. The largest absolute Gasteiger partial charge is 0.481 e. The number of rotatable bonds is 7. The Labute approximate surface area is 139 Å². The third-order valence-electron chi connectivity index (χ3n) is 3.60. The molecule has 0 aromatic heterocycles. The first-order valence-electron chi connectivity index (χ1n) is 7.62. The Bertz CT molecular complexity index is 583. The van der Waals surface area contributed by atoms with Crippen molar-refractivity contribution < 1.29 is 28.6 Å². The number of carboxylic acids is 1. The average Bonchev–Trinajstić information content (AvgIpc) is 2.53. The van der Waals surface area contributed by atoms with E-state index in [0.717, 1.165) is 0 Å². The molecule has 0 saturated carbocycles. The first-order chi connectivity index (χ1) is 11.5. The smallest absolute Gasteiger partial charge is 0.317 e. The molecule has 2 rings (SSSR count). The SMILES string of the molecule is CN(CC(=O)O)C[C@@H]1CN(C(=O)COc2ccccc2F)CCO1. The van der Waals surface area contributed by atoms with E-state index in [1.54, 1.807) is 29.0 Å². The molecule has 1 saturated heterocycles. The van der Waals surface area contributed by atoms with Crippen molar-refractivity contribution in [2.75, 3.05) is 46.4 Å². The first-order valence-corrected chi connectivity index (χ1v) is 7.62. The lowest BCUT2D eigenvalue weighted by atomic mass is 10.2. The molecular formula is C16H21FN2O5. The number of hydrogen-bond acceptors (Lipinski definition) is 5. The predicted octanol–water partition coefficient (Wildman–Crippen LogP) is 0.448. The van der Waals surface area contributed by atoms with Crippen molar-refractivity contribution >= 4 is 11.9 Å². The van der Waals surface area contributed by atoms with Gasteiger partial charge in [-0.3, -0.25) is 14.5 Å². The molecular weight excluding hydrogens is 319 g/mol. The third kappa shape index (κ3) is 5.47. The van der Waals surface area contributed by atoms with E-state index in [1.165, 1.54) is 12.1 Å². The maximum atomic E-state index is 13.5. The number of carboxylic acid groups (broad SMARTS) is 1. The van der Waals surface area contributed by atoms with E-state index in [2.05, 4.69) is 0 Å². The number of nitrogens with zero attached hydrogens (tertiary/aromatic N) is 2. The molecule has 24 heavy (non-hydrogen) atoms. The number of halogens is 1. The molecule has 1 amide bonds.